The SMILES string of the molecule is Cc1ccc2cc([C@@H](c3nnnn3CCc3ccccc3)N3CCN(c4ccccc4F)CC3)c(=O)[nH]c2c1C. The highest BCUT2D eigenvalue weighted by atomic mass is 19.1. The maximum Gasteiger partial charge on any atom is 0.253 e. The number of hydrogen-bond acceptors (Lipinski definition) is 6. The van der Waals surface area contributed by atoms with Crippen LogP contribution >= 0.6 is 0 Å². The van der Waals surface area contributed by atoms with Crippen LogP contribution in [0.15, 0.2) is 77.6 Å². The maximum atomic E-state index is 14.5. The molecular weight excluding hydrogens is 505 g/mol. The summed E-state index contributed by atoms with van der Waals surface area (Å²) in [5, 5.41) is 13.8. The first kappa shape index (κ1) is 25.9. The molecule has 3 aromatic carbocycles. The van der Waals surface area contributed by atoms with E-state index in [1.807, 2.05) is 61.0 Å². The smallest absolute Gasteiger partial charge is 0.253 e. The molecule has 0 spiro atoms. The van der Waals surface area contributed by atoms with Crippen molar-refractivity contribution in [1.29, 1.82) is 0 Å². The predicted molar refractivity (Wildman–Crippen MR) is 154 cm³/mol. The van der Waals surface area contributed by atoms with E-state index in [-0.39, 0.29) is 11.4 Å². The lowest BCUT2D eigenvalue weighted by Crippen LogP contribution is -2.49. The van der Waals surface area contributed by atoms with E-state index < -0.39 is 6.04 Å². The summed E-state index contributed by atoms with van der Waals surface area (Å²) in [5.74, 6) is 0.401. The number of tetrazole rings is 1. The zero-order valence-corrected chi connectivity index (χ0v) is 22.7. The molecule has 204 valence electrons. The number of halogens is 1. The Kier molecular flexibility index (Phi) is 7.13. The van der Waals surface area contributed by atoms with Gasteiger partial charge >= 0.3 is 0 Å². The highest BCUT2D eigenvalue weighted by Crippen LogP contribution is 2.30. The van der Waals surface area contributed by atoms with E-state index in [1.54, 1.807) is 6.07 Å². The largest absolute Gasteiger partial charge is 0.367 e. The average molecular weight is 538 g/mol. The Morgan fingerprint density at radius 1 is 0.950 bits per heavy atom. The van der Waals surface area contributed by atoms with E-state index in [2.05, 4.69) is 48.5 Å². The molecule has 8 nitrogen and oxygen atoms in total. The van der Waals surface area contributed by atoms with Crippen LogP contribution < -0.4 is 10.5 Å². The number of anilines is 1. The molecule has 9 heteroatoms. The van der Waals surface area contributed by atoms with Crippen molar-refractivity contribution in [2.24, 2.45) is 0 Å². The standard InChI is InChI=1S/C31H32FN7O/c1-21-12-13-24-20-25(31(40)33-28(24)22(21)2)29(30-34-35-36-39(30)15-14-23-8-4-3-5-9-23)38-18-16-37(17-19-38)27-11-7-6-10-26(27)32/h3-13,20,29H,14-19H2,1-2H3,(H,33,40)/t29-/m0/s1. The maximum absolute atomic E-state index is 14.5. The molecule has 0 radical (unpaired) electrons. The van der Waals surface area contributed by atoms with Crippen molar-refractivity contribution in [1.82, 2.24) is 30.1 Å². The average Bonchev–Trinajstić information content (AvgIpc) is 3.44. The number of benzene rings is 3. The number of para-hydroxylation sites is 1. The first-order valence-electron chi connectivity index (χ1n) is 13.7. The van der Waals surface area contributed by atoms with Gasteiger partial charge in [-0.15, -0.1) is 5.10 Å². The van der Waals surface area contributed by atoms with Gasteiger partial charge < -0.3 is 9.88 Å². The Hall–Kier alpha value is -4.37. The fourth-order valence-corrected chi connectivity index (χ4v) is 5.62. The van der Waals surface area contributed by atoms with E-state index in [4.69, 9.17) is 0 Å². The third-order valence-electron chi connectivity index (χ3n) is 8.01. The summed E-state index contributed by atoms with van der Waals surface area (Å²) in [7, 11) is 0. The van der Waals surface area contributed by atoms with Gasteiger partial charge in [0.15, 0.2) is 5.82 Å². The summed E-state index contributed by atoms with van der Waals surface area (Å²) >= 11 is 0. The van der Waals surface area contributed by atoms with Gasteiger partial charge in [0, 0.05) is 38.3 Å². The fraction of sp³-hybridized carbons (Fsp3) is 0.290. The third-order valence-corrected chi connectivity index (χ3v) is 8.01. The molecule has 1 saturated heterocycles. The number of aromatic amines is 1. The molecule has 3 heterocycles. The van der Waals surface area contributed by atoms with Crippen molar-refractivity contribution in [3.63, 3.8) is 0 Å². The lowest BCUT2D eigenvalue weighted by molar-refractivity contribution is 0.199. The van der Waals surface area contributed by atoms with Crippen LogP contribution in [0.25, 0.3) is 10.9 Å². The van der Waals surface area contributed by atoms with Gasteiger partial charge in [-0.1, -0.05) is 54.6 Å². The van der Waals surface area contributed by atoms with Crippen LogP contribution in [0, 0.1) is 19.7 Å². The number of nitrogens with zero attached hydrogens (tertiary/aromatic N) is 6. The van der Waals surface area contributed by atoms with Gasteiger partial charge in [0.2, 0.25) is 0 Å². The number of H-pyrrole nitrogens is 1. The van der Waals surface area contributed by atoms with Gasteiger partial charge in [0.05, 0.1) is 11.2 Å². The number of pyridine rings is 1. The summed E-state index contributed by atoms with van der Waals surface area (Å²) < 4.78 is 16.3. The molecule has 0 unspecified atom stereocenters. The van der Waals surface area contributed by atoms with Gasteiger partial charge in [0.25, 0.3) is 5.56 Å². The zero-order valence-electron chi connectivity index (χ0n) is 22.7. The van der Waals surface area contributed by atoms with Crippen LogP contribution in [-0.2, 0) is 13.0 Å². The van der Waals surface area contributed by atoms with Crippen molar-refractivity contribution in [2.75, 3.05) is 31.1 Å². The normalized spacial score (nSPS) is 15.0. The molecule has 5 aromatic rings. The Labute approximate surface area is 232 Å². The lowest BCUT2D eigenvalue weighted by Gasteiger charge is -2.39. The Morgan fingerprint density at radius 3 is 2.48 bits per heavy atom. The number of rotatable bonds is 7. The molecule has 1 aliphatic heterocycles. The van der Waals surface area contributed by atoms with E-state index in [0.29, 0.717) is 49.8 Å². The van der Waals surface area contributed by atoms with E-state index in [9.17, 15) is 9.18 Å². The highest BCUT2D eigenvalue weighted by molar-refractivity contribution is 5.83. The molecule has 6 rings (SSSR count). The van der Waals surface area contributed by atoms with Crippen LogP contribution in [0.2, 0.25) is 0 Å². The second-order valence-corrected chi connectivity index (χ2v) is 10.4. The van der Waals surface area contributed by atoms with Crippen LogP contribution in [0.1, 0.15) is 34.1 Å². The van der Waals surface area contributed by atoms with Crippen LogP contribution in [0.4, 0.5) is 10.1 Å². The van der Waals surface area contributed by atoms with Gasteiger partial charge in [-0.2, -0.15) is 0 Å². The van der Waals surface area contributed by atoms with Crippen molar-refractivity contribution >= 4 is 16.6 Å². The first-order valence-corrected chi connectivity index (χ1v) is 13.7. The number of aromatic nitrogens is 5. The topological polar surface area (TPSA) is 82.9 Å². The number of hydrogen-bond donors (Lipinski definition) is 1. The van der Waals surface area contributed by atoms with Crippen molar-refractivity contribution in [3.8, 4) is 0 Å². The Balaban J connectivity index is 1.37. The van der Waals surface area contributed by atoms with Gasteiger partial charge in [-0.25, -0.2) is 9.07 Å². The summed E-state index contributed by atoms with van der Waals surface area (Å²) in [4.78, 5) is 21.1. The molecule has 0 bridgehead atoms. The minimum absolute atomic E-state index is 0.152. The molecule has 1 fully saturated rings. The molecule has 1 aliphatic rings. The molecular formula is C31H32FN7O. The summed E-state index contributed by atoms with van der Waals surface area (Å²) in [6.07, 6.45) is 0.763. The van der Waals surface area contributed by atoms with Gasteiger partial charge in [-0.05, 0) is 71.0 Å². The summed E-state index contributed by atoms with van der Waals surface area (Å²) in [6.45, 7) is 7.13. The number of nitrogens with one attached hydrogen (secondary N) is 1. The van der Waals surface area contributed by atoms with E-state index in [0.717, 1.165) is 28.5 Å². The highest BCUT2D eigenvalue weighted by Gasteiger charge is 2.33. The summed E-state index contributed by atoms with van der Waals surface area (Å²) in [5.41, 5.74) is 5.27. The Bertz CT molecular complexity index is 1690. The summed E-state index contributed by atoms with van der Waals surface area (Å²) in [6, 6.07) is 22.7. The molecule has 0 aliphatic carbocycles. The fourth-order valence-electron chi connectivity index (χ4n) is 5.62. The molecule has 0 saturated carbocycles. The minimum atomic E-state index is -0.455. The van der Waals surface area contributed by atoms with E-state index in [1.165, 1.54) is 11.6 Å². The Morgan fingerprint density at radius 2 is 1.70 bits per heavy atom. The van der Waals surface area contributed by atoms with Crippen molar-refractivity contribution < 1.29 is 4.39 Å². The van der Waals surface area contributed by atoms with Crippen molar-refractivity contribution in [2.45, 2.75) is 32.9 Å². The number of aryl methyl sites for hydroxylation is 4. The van der Waals surface area contributed by atoms with Gasteiger partial charge in [-0.3, -0.25) is 9.69 Å². The third kappa shape index (κ3) is 5.00. The molecule has 40 heavy (non-hydrogen) atoms. The monoisotopic (exact) mass is 537 g/mol. The second-order valence-electron chi connectivity index (χ2n) is 10.4. The number of piperazine rings is 1. The molecule has 0 amide bonds. The van der Waals surface area contributed by atoms with Crippen LogP contribution in [0.3, 0.4) is 0 Å². The first-order chi connectivity index (χ1) is 19.5. The van der Waals surface area contributed by atoms with Crippen LogP contribution in [0.5, 0.6) is 0 Å². The number of fused-ring (bicyclic) bond motifs is 1. The van der Waals surface area contributed by atoms with Crippen LogP contribution in [-0.4, -0.2) is 56.3 Å². The van der Waals surface area contributed by atoms with Crippen molar-refractivity contribution in [3.05, 3.63) is 117 Å². The lowest BCUT2D eigenvalue weighted by atomic mass is 9.99. The molecule has 2 aromatic heterocycles. The second kappa shape index (κ2) is 11.0. The van der Waals surface area contributed by atoms with Gasteiger partial charge in [0.1, 0.15) is 11.9 Å². The van der Waals surface area contributed by atoms with E-state index >= 15 is 0 Å². The predicted octanol–water partition coefficient (Wildman–Crippen LogP) is 4.42. The zero-order chi connectivity index (χ0) is 27.6. The quantitative estimate of drug-likeness (QED) is 0.331. The minimum Gasteiger partial charge on any atom is -0.367 e. The molecule has 1 atom stereocenters. The molecule has 1 N–H and O–H groups in total.